The van der Waals surface area contributed by atoms with E-state index in [0.29, 0.717) is 24.1 Å². The van der Waals surface area contributed by atoms with Crippen LogP contribution in [0, 0.1) is 0 Å². The molecule has 0 bridgehead atoms. The quantitative estimate of drug-likeness (QED) is 0.790. The van der Waals surface area contributed by atoms with Crippen LogP contribution in [0.2, 0.25) is 0 Å². The van der Waals surface area contributed by atoms with Gasteiger partial charge in [-0.2, -0.15) is 4.31 Å². The van der Waals surface area contributed by atoms with Crippen molar-refractivity contribution in [1.29, 1.82) is 0 Å². The minimum atomic E-state index is -3.37. The minimum Gasteiger partial charge on any atom is -0.377 e. The molecule has 0 saturated carbocycles. The zero-order valence-corrected chi connectivity index (χ0v) is 14.9. The summed E-state index contributed by atoms with van der Waals surface area (Å²) in [5, 5.41) is 0. The molecule has 122 valence electrons. The molecule has 0 spiro atoms. The molecule has 0 radical (unpaired) electrons. The van der Waals surface area contributed by atoms with Crippen molar-refractivity contribution in [2.45, 2.75) is 23.8 Å². The molecule has 2 saturated heterocycles. The normalized spacial score (nSPS) is 24.7. The van der Waals surface area contributed by atoms with E-state index >= 15 is 0 Å². The minimum absolute atomic E-state index is 0.328. The van der Waals surface area contributed by atoms with Gasteiger partial charge in [-0.15, -0.1) is 0 Å². The number of hydrogen-bond donors (Lipinski definition) is 0. The van der Waals surface area contributed by atoms with Crippen molar-refractivity contribution in [2.75, 3.05) is 39.3 Å². The molecule has 3 rings (SSSR count). The molecule has 1 aromatic carbocycles. The third-order valence-electron chi connectivity index (χ3n) is 4.27. The Morgan fingerprint density at radius 2 is 1.82 bits per heavy atom. The third-order valence-corrected chi connectivity index (χ3v) is 6.71. The molecular weight excluding hydrogens is 368 g/mol. The number of sulfonamides is 1. The maximum Gasteiger partial charge on any atom is 0.243 e. The van der Waals surface area contributed by atoms with Crippen LogP contribution in [0.15, 0.2) is 33.6 Å². The van der Waals surface area contributed by atoms with Gasteiger partial charge < -0.3 is 4.74 Å². The van der Waals surface area contributed by atoms with E-state index in [1.807, 2.05) is 0 Å². The number of hydrogen-bond acceptors (Lipinski definition) is 4. The van der Waals surface area contributed by atoms with Gasteiger partial charge in [-0.05, 0) is 37.1 Å². The van der Waals surface area contributed by atoms with Gasteiger partial charge in [0.05, 0.1) is 11.0 Å². The molecule has 0 aromatic heterocycles. The van der Waals surface area contributed by atoms with Crippen LogP contribution < -0.4 is 0 Å². The highest BCUT2D eigenvalue weighted by atomic mass is 79.9. The van der Waals surface area contributed by atoms with Crippen molar-refractivity contribution < 1.29 is 13.2 Å². The standard InChI is InChI=1S/C15H21BrN2O3S/c16-13-3-5-15(6-4-13)22(19,20)18-9-7-17(8-10-18)12-14-2-1-11-21-14/h3-6,14H,1-2,7-12H2/t14-/m1/s1. The number of halogens is 1. The van der Waals surface area contributed by atoms with Crippen molar-refractivity contribution in [1.82, 2.24) is 9.21 Å². The molecule has 0 aliphatic carbocycles. The smallest absolute Gasteiger partial charge is 0.243 e. The lowest BCUT2D eigenvalue weighted by Crippen LogP contribution is -2.50. The van der Waals surface area contributed by atoms with Crippen molar-refractivity contribution >= 4 is 26.0 Å². The maximum atomic E-state index is 12.6. The average molecular weight is 389 g/mol. The molecule has 0 unspecified atom stereocenters. The summed E-state index contributed by atoms with van der Waals surface area (Å²) in [6.07, 6.45) is 2.59. The molecule has 2 aliphatic rings. The van der Waals surface area contributed by atoms with Gasteiger partial charge in [0.2, 0.25) is 10.0 Å². The Morgan fingerprint density at radius 3 is 2.41 bits per heavy atom. The number of benzene rings is 1. The Kier molecular flexibility index (Phi) is 5.19. The van der Waals surface area contributed by atoms with E-state index < -0.39 is 10.0 Å². The van der Waals surface area contributed by atoms with Crippen LogP contribution in [0.5, 0.6) is 0 Å². The van der Waals surface area contributed by atoms with Crippen LogP contribution in [-0.4, -0.2) is 63.1 Å². The topological polar surface area (TPSA) is 49.9 Å². The SMILES string of the molecule is O=S(=O)(c1ccc(Br)cc1)N1CCN(C[C@H]2CCCO2)CC1. The Bertz CT molecular complexity index is 592. The van der Waals surface area contributed by atoms with Gasteiger partial charge in [0.1, 0.15) is 0 Å². The van der Waals surface area contributed by atoms with E-state index in [9.17, 15) is 8.42 Å². The average Bonchev–Trinajstić information content (AvgIpc) is 3.01. The summed E-state index contributed by atoms with van der Waals surface area (Å²) < 4.78 is 33.4. The summed E-state index contributed by atoms with van der Waals surface area (Å²) >= 11 is 3.33. The van der Waals surface area contributed by atoms with E-state index in [1.54, 1.807) is 28.6 Å². The van der Waals surface area contributed by atoms with Gasteiger partial charge >= 0.3 is 0 Å². The van der Waals surface area contributed by atoms with Crippen LogP contribution in [0.3, 0.4) is 0 Å². The Morgan fingerprint density at radius 1 is 1.14 bits per heavy atom. The largest absolute Gasteiger partial charge is 0.377 e. The predicted molar refractivity (Wildman–Crippen MR) is 88.3 cm³/mol. The molecular formula is C15H21BrN2O3S. The highest BCUT2D eigenvalue weighted by molar-refractivity contribution is 9.10. The number of piperazine rings is 1. The fourth-order valence-electron chi connectivity index (χ4n) is 2.98. The van der Waals surface area contributed by atoms with Crippen LogP contribution >= 0.6 is 15.9 Å². The van der Waals surface area contributed by atoms with Crippen LogP contribution in [0.4, 0.5) is 0 Å². The molecule has 0 amide bonds. The second-order valence-corrected chi connectivity index (χ2v) is 8.65. The monoisotopic (exact) mass is 388 g/mol. The van der Waals surface area contributed by atoms with E-state index in [0.717, 1.165) is 43.6 Å². The summed E-state index contributed by atoms with van der Waals surface area (Å²) in [6.45, 7) is 4.43. The van der Waals surface area contributed by atoms with E-state index in [4.69, 9.17) is 4.74 Å². The molecule has 5 nitrogen and oxygen atoms in total. The zero-order chi connectivity index (χ0) is 15.6. The van der Waals surface area contributed by atoms with E-state index in [2.05, 4.69) is 20.8 Å². The first-order chi connectivity index (χ1) is 10.6. The Hall–Kier alpha value is -0.470. The Labute approximate surface area is 140 Å². The molecule has 1 atom stereocenters. The van der Waals surface area contributed by atoms with Crippen LogP contribution in [-0.2, 0) is 14.8 Å². The van der Waals surface area contributed by atoms with Gasteiger partial charge in [0.25, 0.3) is 0 Å². The molecule has 22 heavy (non-hydrogen) atoms. The summed E-state index contributed by atoms with van der Waals surface area (Å²) in [5.41, 5.74) is 0. The molecule has 1 aromatic rings. The van der Waals surface area contributed by atoms with Crippen molar-refractivity contribution in [3.8, 4) is 0 Å². The van der Waals surface area contributed by atoms with Crippen molar-refractivity contribution in [3.05, 3.63) is 28.7 Å². The lowest BCUT2D eigenvalue weighted by atomic mass is 10.2. The summed E-state index contributed by atoms with van der Waals surface area (Å²) in [4.78, 5) is 2.67. The fourth-order valence-corrected chi connectivity index (χ4v) is 4.67. The summed E-state index contributed by atoms with van der Waals surface area (Å²) in [7, 11) is -3.37. The molecule has 2 heterocycles. The maximum absolute atomic E-state index is 12.6. The highest BCUT2D eigenvalue weighted by Crippen LogP contribution is 2.21. The molecule has 2 aliphatic heterocycles. The second kappa shape index (κ2) is 6.97. The number of rotatable bonds is 4. The molecule has 0 N–H and O–H groups in total. The highest BCUT2D eigenvalue weighted by Gasteiger charge is 2.29. The lowest BCUT2D eigenvalue weighted by molar-refractivity contribution is 0.0617. The predicted octanol–water partition coefficient (Wildman–Crippen LogP) is 1.93. The zero-order valence-electron chi connectivity index (χ0n) is 12.4. The van der Waals surface area contributed by atoms with Crippen LogP contribution in [0.1, 0.15) is 12.8 Å². The molecule has 2 fully saturated rings. The van der Waals surface area contributed by atoms with Gasteiger partial charge in [0, 0.05) is 43.8 Å². The van der Waals surface area contributed by atoms with Gasteiger partial charge in [-0.1, -0.05) is 15.9 Å². The van der Waals surface area contributed by atoms with E-state index in [-0.39, 0.29) is 0 Å². The third kappa shape index (κ3) is 3.71. The van der Waals surface area contributed by atoms with Gasteiger partial charge in [-0.25, -0.2) is 8.42 Å². The fraction of sp³-hybridized carbons (Fsp3) is 0.600. The second-order valence-electron chi connectivity index (χ2n) is 5.79. The molecule has 7 heteroatoms. The summed E-state index contributed by atoms with van der Waals surface area (Å²) in [5.74, 6) is 0. The van der Waals surface area contributed by atoms with Crippen molar-refractivity contribution in [3.63, 3.8) is 0 Å². The van der Waals surface area contributed by atoms with Gasteiger partial charge in [0.15, 0.2) is 0 Å². The summed E-state index contributed by atoms with van der Waals surface area (Å²) in [6, 6.07) is 6.83. The number of ether oxygens (including phenoxy) is 1. The first-order valence-electron chi connectivity index (χ1n) is 7.65. The lowest BCUT2D eigenvalue weighted by Gasteiger charge is -2.35. The first kappa shape index (κ1) is 16.4. The first-order valence-corrected chi connectivity index (χ1v) is 9.89. The number of nitrogens with zero attached hydrogens (tertiary/aromatic N) is 2. The van der Waals surface area contributed by atoms with E-state index in [1.165, 1.54) is 0 Å². The van der Waals surface area contributed by atoms with Crippen LogP contribution in [0.25, 0.3) is 0 Å². The van der Waals surface area contributed by atoms with Gasteiger partial charge in [-0.3, -0.25) is 4.90 Å². The Balaban J connectivity index is 1.59. The van der Waals surface area contributed by atoms with Crippen molar-refractivity contribution in [2.24, 2.45) is 0 Å².